The van der Waals surface area contributed by atoms with Gasteiger partial charge >= 0.3 is 0 Å². The van der Waals surface area contributed by atoms with Gasteiger partial charge in [0, 0.05) is 5.56 Å². The van der Waals surface area contributed by atoms with Gasteiger partial charge in [-0.1, -0.05) is 23.7 Å². The van der Waals surface area contributed by atoms with Crippen LogP contribution in [0, 0.1) is 0 Å². The molecule has 2 nitrogen and oxygen atoms in total. The molecule has 14 heavy (non-hydrogen) atoms. The second-order valence-electron chi connectivity index (χ2n) is 3.82. The van der Waals surface area contributed by atoms with Crippen LogP contribution in [0.25, 0.3) is 0 Å². The SMILES string of the molecule is NC1(C(=O)c2ccccc2Cl)CCC1. The van der Waals surface area contributed by atoms with Crippen molar-refractivity contribution in [3.63, 3.8) is 0 Å². The second kappa shape index (κ2) is 3.37. The molecule has 0 aliphatic heterocycles. The molecule has 0 spiro atoms. The lowest BCUT2D eigenvalue weighted by Crippen LogP contribution is -2.53. The number of benzene rings is 1. The summed E-state index contributed by atoms with van der Waals surface area (Å²) in [6.45, 7) is 0. The minimum absolute atomic E-state index is 0.0191. The van der Waals surface area contributed by atoms with Gasteiger partial charge in [-0.05, 0) is 31.4 Å². The summed E-state index contributed by atoms with van der Waals surface area (Å²) in [5.41, 5.74) is 5.84. The van der Waals surface area contributed by atoms with Crippen LogP contribution in [0.5, 0.6) is 0 Å². The topological polar surface area (TPSA) is 43.1 Å². The highest BCUT2D eigenvalue weighted by Gasteiger charge is 2.40. The lowest BCUT2D eigenvalue weighted by molar-refractivity contribution is 0.0801. The third-order valence-corrected chi connectivity index (χ3v) is 3.15. The maximum Gasteiger partial charge on any atom is 0.184 e. The van der Waals surface area contributed by atoms with Crippen molar-refractivity contribution >= 4 is 17.4 Å². The van der Waals surface area contributed by atoms with Gasteiger partial charge in [0.25, 0.3) is 0 Å². The number of nitrogens with two attached hydrogens (primary N) is 1. The monoisotopic (exact) mass is 209 g/mol. The molecule has 1 aromatic carbocycles. The van der Waals surface area contributed by atoms with E-state index in [2.05, 4.69) is 0 Å². The van der Waals surface area contributed by atoms with Crippen LogP contribution >= 0.6 is 11.6 Å². The van der Waals surface area contributed by atoms with Gasteiger partial charge in [0.15, 0.2) is 5.78 Å². The highest BCUT2D eigenvalue weighted by atomic mass is 35.5. The molecule has 2 rings (SSSR count). The number of hydrogen-bond acceptors (Lipinski definition) is 2. The van der Waals surface area contributed by atoms with Gasteiger partial charge in [-0.2, -0.15) is 0 Å². The maximum absolute atomic E-state index is 12.0. The van der Waals surface area contributed by atoms with Gasteiger partial charge in [-0.15, -0.1) is 0 Å². The first kappa shape index (κ1) is 9.69. The highest BCUT2D eigenvalue weighted by Crippen LogP contribution is 2.33. The molecule has 2 N–H and O–H groups in total. The summed E-state index contributed by atoms with van der Waals surface area (Å²) in [5.74, 6) is -0.0191. The molecular weight excluding hydrogens is 198 g/mol. The van der Waals surface area contributed by atoms with Gasteiger partial charge in [0.2, 0.25) is 0 Å². The number of Topliss-reactive ketones (excluding diaryl/α,β-unsaturated/α-hetero) is 1. The number of rotatable bonds is 2. The number of halogens is 1. The predicted molar refractivity (Wildman–Crippen MR) is 56.6 cm³/mol. The van der Waals surface area contributed by atoms with Crippen molar-refractivity contribution in [1.82, 2.24) is 0 Å². The number of carbonyl (C=O) groups excluding carboxylic acids is 1. The Morgan fingerprint density at radius 3 is 2.50 bits per heavy atom. The average molecular weight is 210 g/mol. The number of hydrogen-bond donors (Lipinski definition) is 1. The molecule has 0 atom stereocenters. The summed E-state index contributed by atoms with van der Waals surface area (Å²) in [6, 6.07) is 7.07. The normalized spacial score (nSPS) is 18.7. The van der Waals surface area contributed by atoms with Gasteiger partial charge in [-0.25, -0.2) is 0 Å². The van der Waals surface area contributed by atoms with E-state index >= 15 is 0 Å². The molecule has 1 saturated carbocycles. The Balaban J connectivity index is 2.32. The molecule has 0 amide bonds. The van der Waals surface area contributed by atoms with Crippen LogP contribution in [-0.4, -0.2) is 11.3 Å². The molecule has 0 radical (unpaired) electrons. The third kappa shape index (κ3) is 1.45. The van der Waals surface area contributed by atoms with E-state index in [9.17, 15) is 4.79 Å². The van der Waals surface area contributed by atoms with E-state index in [-0.39, 0.29) is 5.78 Å². The fourth-order valence-electron chi connectivity index (χ4n) is 1.70. The quantitative estimate of drug-likeness (QED) is 0.761. The molecule has 0 bridgehead atoms. The van der Waals surface area contributed by atoms with E-state index in [1.54, 1.807) is 18.2 Å². The second-order valence-corrected chi connectivity index (χ2v) is 4.23. The van der Waals surface area contributed by atoms with Gasteiger partial charge < -0.3 is 5.73 Å². The lowest BCUT2D eigenvalue weighted by atomic mass is 9.73. The summed E-state index contributed by atoms with van der Waals surface area (Å²) in [7, 11) is 0. The van der Waals surface area contributed by atoms with E-state index in [0.29, 0.717) is 10.6 Å². The van der Waals surface area contributed by atoms with Crippen LogP contribution < -0.4 is 5.73 Å². The van der Waals surface area contributed by atoms with Crippen LogP contribution in [-0.2, 0) is 0 Å². The van der Waals surface area contributed by atoms with Gasteiger partial charge in [0.1, 0.15) is 0 Å². The van der Waals surface area contributed by atoms with E-state index in [0.717, 1.165) is 19.3 Å². The summed E-state index contributed by atoms with van der Waals surface area (Å²) in [4.78, 5) is 12.0. The zero-order valence-electron chi connectivity index (χ0n) is 7.79. The van der Waals surface area contributed by atoms with Crippen molar-refractivity contribution in [3.05, 3.63) is 34.9 Å². The smallest absolute Gasteiger partial charge is 0.184 e. The molecule has 74 valence electrons. The fraction of sp³-hybridized carbons (Fsp3) is 0.364. The van der Waals surface area contributed by atoms with Crippen molar-refractivity contribution in [2.75, 3.05) is 0 Å². The van der Waals surface area contributed by atoms with Crippen molar-refractivity contribution in [2.45, 2.75) is 24.8 Å². The molecule has 0 unspecified atom stereocenters. The largest absolute Gasteiger partial charge is 0.319 e. The Hall–Kier alpha value is -0.860. The zero-order valence-corrected chi connectivity index (χ0v) is 8.55. The molecule has 0 heterocycles. The number of carbonyl (C=O) groups is 1. The average Bonchev–Trinajstić information content (AvgIpc) is 2.14. The van der Waals surface area contributed by atoms with Crippen LogP contribution in [0.15, 0.2) is 24.3 Å². The number of ketones is 1. The minimum atomic E-state index is -0.648. The zero-order chi connectivity index (χ0) is 10.2. The Morgan fingerprint density at radius 2 is 2.00 bits per heavy atom. The molecule has 3 heteroatoms. The third-order valence-electron chi connectivity index (χ3n) is 2.82. The van der Waals surface area contributed by atoms with Crippen LogP contribution in [0.1, 0.15) is 29.6 Å². The minimum Gasteiger partial charge on any atom is -0.319 e. The van der Waals surface area contributed by atoms with Crippen molar-refractivity contribution in [3.8, 4) is 0 Å². The maximum atomic E-state index is 12.0. The van der Waals surface area contributed by atoms with E-state index < -0.39 is 5.54 Å². The van der Waals surface area contributed by atoms with Crippen LogP contribution in [0.4, 0.5) is 0 Å². The van der Waals surface area contributed by atoms with E-state index in [1.165, 1.54) is 0 Å². The Kier molecular flexibility index (Phi) is 2.33. The Labute approximate surface area is 88.1 Å². The predicted octanol–water partition coefficient (Wildman–Crippen LogP) is 2.40. The molecule has 1 fully saturated rings. The summed E-state index contributed by atoms with van der Waals surface area (Å²) < 4.78 is 0. The van der Waals surface area contributed by atoms with Crippen LogP contribution in [0.3, 0.4) is 0 Å². The Morgan fingerprint density at radius 1 is 1.36 bits per heavy atom. The first-order valence-corrected chi connectivity index (χ1v) is 5.09. The van der Waals surface area contributed by atoms with Crippen LogP contribution in [0.2, 0.25) is 5.02 Å². The molecule has 0 saturated heterocycles. The summed E-state index contributed by atoms with van der Waals surface area (Å²) in [5, 5.41) is 0.495. The first-order chi connectivity index (χ1) is 6.63. The molecular formula is C11H12ClNO. The fourth-order valence-corrected chi connectivity index (χ4v) is 1.92. The van der Waals surface area contributed by atoms with E-state index in [1.807, 2.05) is 6.07 Å². The summed E-state index contributed by atoms with van der Waals surface area (Å²) in [6.07, 6.45) is 2.58. The lowest BCUT2D eigenvalue weighted by Gasteiger charge is -2.36. The molecule has 1 aliphatic carbocycles. The van der Waals surface area contributed by atoms with Crippen molar-refractivity contribution in [1.29, 1.82) is 0 Å². The summed E-state index contributed by atoms with van der Waals surface area (Å²) >= 11 is 5.93. The van der Waals surface area contributed by atoms with Crippen molar-refractivity contribution in [2.24, 2.45) is 5.73 Å². The molecule has 0 aromatic heterocycles. The van der Waals surface area contributed by atoms with E-state index in [4.69, 9.17) is 17.3 Å². The standard InChI is InChI=1S/C11H12ClNO/c12-9-5-2-1-4-8(9)10(14)11(13)6-3-7-11/h1-2,4-5H,3,6-7,13H2. The Bertz CT molecular complexity index is 371. The molecule has 1 aromatic rings. The molecule has 1 aliphatic rings. The van der Waals surface area contributed by atoms with Gasteiger partial charge in [-0.3, -0.25) is 4.79 Å². The van der Waals surface area contributed by atoms with Gasteiger partial charge in [0.05, 0.1) is 10.6 Å². The first-order valence-electron chi connectivity index (χ1n) is 4.72. The van der Waals surface area contributed by atoms with Crippen molar-refractivity contribution < 1.29 is 4.79 Å². The highest BCUT2D eigenvalue weighted by molar-refractivity contribution is 6.34.